The Bertz CT molecular complexity index is 7250. The fraction of sp³-hybridized carbons (Fsp3) is 0.296. The van der Waals surface area contributed by atoms with E-state index in [-0.39, 0.29) is 104 Å². The normalized spacial score (nSPS) is 15.9. The number of rotatable bonds is 29. The molecule has 4 unspecified atom stereocenters. The molecule has 145 heavy (non-hydrogen) atoms. The number of carbonyl (C=O) groups excluding carboxylic acids is 9. The van der Waals surface area contributed by atoms with E-state index in [0.717, 1.165) is 61.2 Å². The molecule has 8 N–H and O–H groups in total. The van der Waals surface area contributed by atoms with Gasteiger partial charge in [-0.05, 0) is 226 Å². The second-order valence-electron chi connectivity index (χ2n) is 36.6. The van der Waals surface area contributed by atoms with Crippen LogP contribution in [-0.2, 0) is 146 Å². The van der Waals surface area contributed by atoms with E-state index in [0.29, 0.717) is 164 Å². The molecule has 1 aromatic heterocycles. The number of nitrogens with zero attached hydrogens (tertiary/aromatic N) is 7. The number of amides is 8. The van der Waals surface area contributed by atoms with Crippen molar-refractivity contribution < 1.29 is 81.6 Å². The second kappa shape index (κ2) is 46.5. The number of carbonyl (C=O) groups is 9. The van der Waals surface area contributed by atoms with Crippen molar-refractivity contribution >= 4 is 139 Å². The van der Waals surface area contributed by atoms with E-state index >= 15 is 0 Å². The number of para-hydroxylation sites is 3. The summed E-state index contributed by atoms with van der Waals surface area (Å²) in [6, 6.07) is 78.4. The van der Waals surface area contributed by atoms with Crippen LogP contribution in [0.15, 0.2) is 299 Å². The van der Waals surface area contributed by atoms with Gasteiger partial charge in [-0.2, -0.15) is 18.9 Å². The Labute approximate surface area is 843 Å². The van der Waals surface area contributed by atoms with E-state index in [1.165, 1.54) is 24.3 Å². The number of hydrogen-bond donors (Lipinski definition) is 8. The van der Waals surface area contributed by atoms with Crippen LogP contribution in [0.1, 0.15) is 115 Å². The van der Waals surface area contributed by atoms with Gasteiger partial charge in [0.05, 0.1) is 43.1 Å². The number of ether oxygens (including phenoxy) is 1. The van der Waals surface area contributed by atoms with Gasteiger partial charge >= 0.3 is 5.97 Å². The van der Waals surface area contributed by atoms with Crippen LogP contribution in [0, 0.1) is 5.92 Å². The highest BCUT2D eigenvalue weighted by Crippen LogP contribution is 2.35. The number of piperidine rings is 1. The molecule has 11 aromatic carbocycles. The summed E-state index contributed by atoms with van der Waals surface area (Å²) in [5.41, 5.74) is 12.4. The molecule has 2 saturated heterocycles. The number of fused-ring (bicyclic) bond motifs is 7. The van der Waals surface area contributed by atoms with Crippen molar-refractivity contribution in [2.24, 2.45) is 5.92 Å². The molecule has 12 aromatic rings. The maximum Gasteiger partial charge on any atom is 0.309 e. The van der Waals surface area contributed by atoms with Crippen LogP contribution in [0.2, 0.25) is 0 Å². The molecule has 8 amide bonds. The smallest absolute Gasteiger partial charge is 0.309 e. The number of aryl methyl sites for hydroxylation is 4. The zero-order valence-electron chi connectivity index (χ0n) is 80.4. The van der Waals surface area contributed by atoms with Gasteiger partial charge in [0.25, 0.3) is 0 Å². The summed E-state index contributed by atoms with van der Waals surface area (Å²) in [6.45, 7) is 10.4. The zero-order chi connectivity index (χ0) is 102. The largest absolute Gasteiger partial charge is 0.466 e. The third-order valence-electron chi connectivity index (χ3n) is 26.3. The van der Waals surface area contributed by atoms with Crippen LogP contribution >= 0.6 is 0 Å². The van der Waals surface area contributed by atoms with Crippen molar-refractivity contribution in [1.82, 2.24) is 43.1 Å². The minimum Gasteiger partial charge on any atom is -0.466 e. The van der Waals surface area contributed by atoms with Crippen LogP contribution in [0.4, 0.5) is 34.4 Å². The molecule has 37 heteroatoms. The number of piperazine rings is 1. The molecule has 19 rings (SSSR count). The van der Waals surface area contributed by atoms with Crippen molar-refractivity contribution in [3.8, 4) is 0 Å². The van der Waals surface area contributed by atoms with Gasteiger partial charge in [0.15, 0.2) is 0 Å². The molecule has 0 aliphatic carbocycles. The number of benzene rings is 11. The minimum atomic E-state index is -4.04. The Morgan fingerprint density at radius 2 is 0.745 bits per heavy atom. The van der Waals surface area contributed by atoms with Crippen molar-refractivity contribution in [3.05, 3.63) is 329 Å². The van der Waals surface area contributed by atoms with Gasteiger partial charge in [0.2, 0.25) is 93.3 Å². The van der Waals surface area contributed by atoms with E-state index in [9.17, 15) is 76.8 Å². The summed E-state index contributed by atoms with van der Waals surface area (Å²) in [5, 5.41) is 11.0. The molecular formula is C108H115N15O18S4. The van der Waals surface area contributed by atoms with E-state index in [1.807, 2.05) is 200 Å². The number of likely N-dealkylation sites (tertiary alicyclic amines) is 1. The number of anilines is 6. The third kappa shape index (κ3) is 26.0. The fourth-order valence-electron chi connectivity index (χ4n) is 18.6. The van der Waals surface area contributed by atoms with Gasteiger partial charge < -0.3 is 50.2 Å². The lowest BCUT2D eigenvalue weighted by Gasteiger charge is -2.37. The second-order valence-corrected chi connectivity index (χ2v) is 43.5. The predicted octanol–water partition coefficient (Wildman–Crippen LogP) is 12.0. The monoisotopic (exact) mass is 2040 g/mol. The molecule has 754 valence electrons. The Balaban J connectivity index is 0.000000139. The molecule has 33 nitrogen and oxygen atoms in total. The number of aromatic nitrogens is 2. The molecule has 0 saturated carbocycles. The lowest BCUT2D eigenvalue weighted by atomic mass is 9.96. The number of imidazole rings is 1. The molecule has 8 heterocycles. The molecule has 7 aliphatic heterocycles. The third-order valence-corrected chi connectivity index (χ3v) is 32.2. The van der Waals surface area contributed by atoms with Crippen molar-refractivity contribution in [2.75, 3.05) is 83.5 Å². The first-order valence-electron chi connectivity index (χ1n) is 48.4. The highest BCUT2D eigenvalue weighted by Gasteiger charge is 2.41. The van der Waals surface area contributed by atoms with Gasteiger partial charge in [0.1, 0.15) is 24.2 Å². The maximum absolute atomic E-state index is 13.9. The van der Waals surface area contributed by atoms with Crippen LogP contribution in [-0.4, -0.2) is 188 Å². The van der Waals surface area contributed by atoms with Crippen molar-refractivity contribution in [1.29, 1.82) is 0 Å². The van der Waals surface area contributed by atoms with Crippen molar-refractivity contribution in [2.45, 2.75) is 167 Å². The molecule has 0 bridgehead atoms. The summed E-state index contributed by atoms with van der Waals surface area (Å²) in [5.74, 6) is -1.59. The lowest BCUT2D eigenvalue weighted by Crippen LogP contribution is -2.55. The maximum atomic E-state index is 13.9. The summed E-state index contributed by atoms with van der Waals surface area (Å²) >= 11 is 0. The van der Waals surface area contributed by atoms with Gasteiger partial charge in [-0.1, -0.05) is 182 Å². The van der Waals surface area contributed by atoms with Gasteiger partial charge in [-0.15, -0.1) is 0 Å². The highest BCUT2D eigenvalue weighted by atomic mass is 32.2. The Hall–Kier alpha value is -14.4. The van der Waals surface area contributed by atoms with E-state index in [1.54, 1.807) is 99.3 Å². The average molecular weight is 2040 g/mol. The Morgan fingerprint density at radius 1 is 0.393 bits per heavy atom. The van der Waals surface area contributed by atoms with Crippen LogP contribution in [0.3, 0.4) is 0 Å². The molecule has 7 aliphatic rings. The topological polar surface area (TPSA) is 430 Å². The Kier molecular flexibility index (Phi) is 33.2. The highest BCUT2D eigenvalue weighted by molar-refractivity contribution is 7.90. The van der Waals surface area contributed by atoms with Crippen LogP contribution in [0.25, 0.3) is 11.0 Å². The van der Waals surface area contributed by atoms with Crippen LogP contribution < -0.4 is 50.0 Å². The molecule has 0 radical (unpaired) electrons. The first kappa shape index (κ1) is 103. The van der Waals surface area contributed by atoms with E-state index in [2.05, 4.69) is 50.0 Å². The van der Waals surface area contributed by atoms with Crippen molar-refractivity contribution in [3.63, 3.8) is 0 Å². The number of esters is 1. The van der Waals surface area contributed by atoms with Gasteiger partial charge in [-0.3, -0.25) is 48.1 Å². The first-order chi connectivity index (χ1) is 69.8. The summed E-state index contributed by atoms with van der Waals surface area (Å²) in [7, 11) is -16.1. The quantitative estimate of drug-likeness (QED) is 0.0202. The zero-order valence-corrected chi connectivity index (χ0v) is 83.7. The standard InChI is InChI=1S/C28H30N4O4S.C27H25N5O4S.C27H29N3O4S.C26H31N3O6S/c33-27-14-11-22-20-24(12-13-25(22)29-27)37(35,36)30-26(19-21-7-3-1-4-8-21)28(34)32-17-15-31(16-18-32)23-9-5-2-6-10-23;33-25-13-10-19-17-20(11-12-21(19)28-25)37(35,36)30-23(16-18-6-2-1-3-7-18)26(34)32-15-14-31-24-9-5-4-8-22(24)29-27(31)32;1-19(2)30(18-20-9-5-3-6-10-20)27(32)26(21-11-7-4-8-12-21)29-35(33,34)23-14-15-24-22(17-23)13-16-25(31)28-24;1-2-35-26(32)19-12-14-29(15-13-19)25(31)23(16-18-6-4-3-5-7-18)28-36(33,34)21-9-10-22-20(17-21)8-11-24(30)27-22/h1-10,12-13,20,26,30H,11,14-19H2,(H,29,33);1-9,11-12,17,23,30H,10,13-16H2,(H,28,33);3-12,14-15,17,19,26,29H,13,16,18H2,1-2H3,(H,28,31);3-7,9-10,17,19,23,28H,2,8,11-16H2,1H3,(H,27,30). The van der Waals surface area contributed by atoms with Gasteiger partial charge in [-0.25, -0.2) is 38.7 Å². The molecule has 2 fully saturated rings. The molecular weight excluding hydrogens is 1920 g/mol. The average Bonchev–Trinajstić information content (AvgIpc) is 1.61. The summed E-state index contributed by atoms with van der Waals surface area (Å²) < 4.78 is 125. The molecule has 4 atom stereocenters. The SMILES string of the molecule is CC(C)N(Cc1ccccc1)C(=O)C(NS(=O)(=O)c1ccc2c(c1)CCC(=O)N2)c1ccccc1.CCOC(=O)C1CCN(C(=O)C(Cc2ccccc2)NS(=O)(=O)c2ccc3c(c2)CCC(=O)N3)CC1.O=C1CCc2cc(S(=O)(=O)NC(Cc3ccccc3)C(=O)N3CCN(c4ccccc4)CC3)ccc2N1.O=C1CCc2cc(S(=O)(=O)NC(Cc3ccccc3)C(=O)N3CCn4c3nc3ccccc34)ccc2N1. The lowest BCUT2D eigenvalue weighted by molar-refractivity contribution is -0.151. The summed E-state index contributed by atoms with van der Waals surface area (Å²) in [6.07, 6.45) is 4.65. The van der Waals surface area contributed by atoms with Crippen LogP contribution in [0.5, 0.6) is 0 Å². The number of nitrogens with one attached hydrogen (secondary N) is 8. The number of hydrogen-bond acceptors (Lipinski definition) is 20. The Morgan fingerprint density at radius 3 is 1.14 bits per heavy atom. The van der Waals surface area contributed by atoms with Gasteiger partial charge in [0, 0.05) is 119 Å². The van der Waals surface area contributed by atoms with E-state index in [4.69, 9.17) is 4.74 Å². The molecule has 0 spiro atoms. The minimum absolute atomic E-state index is 0.0456. The first-order valence-corrected chi connectivity index (χ1v) is 54.3. The van der Waals surface area contributed by atoms with E-state index < -0.39 is 64.3 Å². The summed E-state index contributed by atoms with van der Waals surface area (Å²) in [4.78, 5) is 127. The number of sulfonamides is 4. The predicted molar refractivity (Wildman–Crippen MR) is 551 cm³/mol. The fourth-order valence-corrected chi connectivity index (χ4v) is 23.5.